The van der Waals surface area contributed by atoms with E-state index in [0.717, 1.165) is 18.4 Å². The summed E-state index contributed by atoms with van der Waals surface area (Å²) in [5, 5.41) is 3.35. The molecule has 0 unspecified atom stereocenters. The Balaban J connectivity index is 2.13. The summed E-state index contributed by atoms with van der Waals surface area (Å²) < 4.78 is 0. The first kappa shape index (κ1) is 18.9. The highest BCUT2D eigenvalue weighted by Crippen LogP contribution is 2.20. The molecule has 5 nitrogen and oxygen atoms in total. The topological polar surface area (TPSA) is 62.3 Å². The number of rotatable bonds is 6. The first-order valence-corrected chi connectivity index (χ1v) is 8.58. The summed E-state index contributed by atoms with van der Waals surface area (Å²) in [5.74, 6) is -0.479. The number of amides is 2. The van der Waals surface area contributed by atoms with Crippen LogP contribution >= 0.6 is 11.6 Å². The number of carbonyl (C=O) groups excluding carboxylic acids is 2. The zero-order chi connectivity index (χ0) is 18.4. The molecule has 0 aliphatic rings. The molecule has 132 valence electrons. The molecule has 25 heavy (non-hydrogen) atoms. The molecule has 0 atom stereocenters. The highest BCUT2D eigenvalue weighted by molar-refractivity contribution is 6.31. The number of halogens is 1. The van der Waals surface area contributed by atoms with Crippen LogP contribution in [0.15, 0.2) is 36.7 Å². The van der Waals surface area contributed by atoms with Gasteiger partial charge in [0.15, 0.2) is 0 Å². The average Bonchev–Trinajstić information content (AvgIpc) is 2.62. The maximum Gasteiger partial charge on any atom is 0.257 e. The van der Waals surface area contributed by atoms with Crippen molar-refractivity contribution in [1.29, 1.82) is 0 Å². The number of unbranched alkanes of at least 4 members (excludes halogenated alkanes) is 1. The molecule has 2 aromatic rings. The van der Waals surface area contributed by atoms with Crippen molar-refractivity contribution in [3.8, 4) is 0 Å². The van der Waals surface area contributed by atoms with E-state index in [1.165, 1.54) is 12.4 Å². The normalized spacial score (nSPS) is 10.4. The molecule has 1 N–H and O–H groups in total. The second-order valence-corrected chi connectivity index (χ2v) is 6.37. The largest absolute Gasteiger partial charge is 0.342 e. The van der Waals surface area contributed by atoms with Crippen LogP contribution in [0.2, 0.25) is 5.02 Å². The second-order valence-electron chi connectivity index (χ2n) is 5.96. The lowest BCUT2D eigenvalue weighted by atomic mass is 10.1. The number of anilines is 1. The van der Waals surface area contributed by atoms with Gasteiger partial charge in [0.2, 0.25) is 0 Å². The van der Waals surface area contributed by atoms with E-state index in [2.05, 4.69) is 17.2 Å². The Hall–Kier alpha value is -2.40. The van der Waals surface area contributed by atoms with Crippen molar-refractivity contribution in [2.24, 2.45) is 0 Å². The summed E-state index contributed by atoms with van der Waals surface area (Å²) in [6.45, 7) is 4.64. The fraction of sp³-hybridized carbons (Fsp3) is 0.316. The highest BCUT2D eigenvalue weighted by atomic mass is 35.5. The van der Waals surface area contributed by atoms with E-state index in [4.69, 9.17) is 11.6 Å². The van der Waals surface area contributed by atoms with Crippen LogP contribution in [0.4, 0.5) is 5.69 Å². The van der Waals surface area contributed by atoms with E-state index in [0.29, 0.717) is 28.4 Å². The third-order valence-electron chi connectivity index (χ3n) is 3.87. The molecule has 0 saturated carbocycles. The van der Waals surface area contributed by atoms with E-state index in [-0.39, 0.29) is 11.8 Å². The van der Waals surface area contributed by atoms with Gasteiger partial charge in [0.25, 0.3) is 11.8 Å². The van der Waals surface area contributed by atoms with Crippen molar-refractivity contribution >= 4 is 29.1 Å². The van der Waals surface area contributed by atoms with Crippen molar-refractivity contribution in [2.45, 2.75) is 26.7 Å². The molecule has 1 aromatic carbocycles. The molecule has 0 aliphatic carbocycles. The number of aryl methyl sites for hydroxylation is 1. The van der Waals surface area contributed by atoms with Gasteiger partial charge in [-0.2, -0.15) is 0 Å². The predicted molar refractivity (Wildman–Crippen MR) is 100 cm³/mol. The Morgan fingerprint density at radius 3 is 2.60 bits per heavy atom. The van der Waals surface area contributed by atoms with Gasteiger partial charge in [0.1, 0.15) is 0 Å². The summed E-state index contributed by atoms with van der Waals surface area (Å²) >= 11 is 6.07. The lowest BCUT2D eigenvalue weighted by Gasteiger charge is -2.16. The molecule has 0 saturated heterocycles. The van der Waals surface area contributed by atoms with Gasteiger partial charge in [-0.05, 0) is 37.1 Å². The average molecular weight is 360 g/mol. The lowest BCUT2D eigenvalue weighted by Crippen LogP contribution is -2.28. The van der Waals surface area contributed by atoms with E-state index in [1.807, 2.05) is 13.0 Å². The van der Waals surface area contributed by atoms with Crippen molar-refractivity contribution in [1.82, 2.24) is 9.88 Å². The van der Waals surface area contributed by atoms with Gasteiger partial charge in [-0.15, -0.1) is 0 Å². The van der Waals surface area contributed by atoms with Crippen LogP contribution in [0.25, 0.3) is 0 Å². The number of nitrogens with zero attached hydrogens (tertiary/aromatic N) is 2. The van der Waals surface area contributed by atoms with Crippen LogP contribution in [0, 0.1) is 6.92 Å². The minimum atomic E-state index is -0.335. The summed E-state index contributed by atoms with van der Waals surface area (Å²) in [6, 6.07) is 6.86. The monoisotopic (exact) mass is 359 g/mol. The van der Waals surface area contributed by atoms with Crippen molar-refractivity contribution < 1.29 is 9.59 Å². The van der Waals surface area contributed by atoms with Crippen molar-refractivity contribution in [3.05, 3.63) is 58.4 Å². The minimum Gasteiger partial charge on any atom is -0.342 e. The van der Waals surface area contributed by atoms with Gasteiger partial charge in [0.05, 0.1) is 11.1 Å². The minimum absolute atomic E-state index is 0.144. The van der Waals surface area contributed by atoms with Gasteiger partial charge in [-0.3, -0.25) is 14.6 Å². The number of hydrogen-bond donors (Lipinski definition) is 1. The van der Waals surface area contributed by atoms with Crippen LogP contribution in [-0.4, -0.2) is 35.3 Å². The molecule has 0 bridgehead atoms. The smallest absolute Gasteiger partial charge is 0.257 e. The molecule has 2 rings (SSSR count). The second kappa shape index (κ2) is 8.62. The first-order valence-electron chi connectivity index (χ1n) is 8.20. The Labute approximate surface area is 153 Å². The van der Waals surface area contributed by atoms with Gasteiger partial charge >= 0.3 is 0 Å². The van der Waals surface area contributed by atoms with Crippen LogP contribution in [0.3, 0.4) is 0 Å². The Bertz CT molecular complexity index is 777. The van der Waals surface area contributed by atoms with Crippen molar-refractivity contribution in [3.63, 3.8) is 0 Å². The fourth-order valence-electron chi connectivity index (χ4n) is 2.27. The van der Waals surface area contributed by atoms with E-state index in [1.54, 1.807) is 30.1 Å². The highest BCUT2D eigenvalue weighted by Gasteiger charge is 2.15. The van der Waals surface area contributed by atoms with Gasteiger partial charge < -0.3 is 10.2 Å². The van der Waals surface area contributed by atoms with E-state index < -0.39 is 0 Å². The molecule has 0 radical (unpaired) electrons. The maximum atomic E-state index is 12.4. The number of pyridine rings is 1. The number of aromatic nitrogens is 1. The molecule has 6 heteroatoms. The molecule has 1 aromatic heterocycles. The number of carbonyl (C=O) groups is 2. The van der Waals surface area contributed by atoms with E-state index >= 15 is 0 Å². The SMILES string of the molecule is CCCCN(C)C(=O)c1cncc(C(=O)Nc2ccc(C)c(Cl)c2)c1. The maximum absolute atomic E-state index is 12.4. The van der Waals surface area contributed by atoms with Gasteiger partial charge in [0, 0.05) is 36.7 Å². The van der Waals surface area contributed by atoms with Crippen LogP contribution in [0.1, 0.15) is 46.0 Å². The summed E-state index contributed by atoms with van der Waals surface area (Å²) in [6.07, 6.45) is 4.86. The number of hydrogen-bond acceptors (Lipinski definition) is 3. The summed E-state index contributed by atoms with van der Waals surface area (Å²) in [5.41, 5.74) is 2.25. The van der Waals surface area contributed by atoms with Crippen LogP contribution < -0.4 is 5.32 Å². The predicted octanol–water partition coefficient (Wildman–Crippen LogP) is 4.17. The Morgan fingerprint density at radius 1 is 1.20 bits per heavy atom. The summed E-state index contributed by atoms with van der Waals surface area (Å²) in [7, 11) is 1.75. The molecular weight excluding hydrogens is 338 g/mol. The van der Waals surface area contributed by atoms with Crippen LogP contribution in [0.5, 0.6) is 0 Å². The molecule has 0 fully saturated rings. The lowest BCUT2D eigenvalue weighted by molar-refractivity contribution is 0.0793. The molecule has 2 amide bonds. The molecular formula is C19H22ClN3O2. The van der Waals surface area contributed by atoms with Gasteiger partial charge in [-0.1, -0.05) is 31.0 Å². The fourth-order valence-corrected chi connectivity index (χ4v) is 2.45. The molecule has 0 spiro atoms. The third-order valence-corrected chi connectivity index (χ3v) is 4.28. The van der Waals surface area contributed by atoms with Crippen LogP contribution in [-0.2, 0) is 0 Å². The Kier molecular flexibility index (Phi) is 6.53. The van der Waals surface area contributed by atoms with E-state index in [9.17, 15) is 9.59 Å². The zero-order valence-electron chi connectivity index (χ0n) is 14.7. The standard InChI is InChI=1S/C19H22ClN3O2/c1-4-5-8-23(3)19(25)15-9-14(11-21-12-15)18(24)22-16-7-6-13(2)17(20)10-16/h6-7,9-12H,4-5,8H2,1-3H3,(H,22,24). The van der Waals surface area contributed by atoms with Gasteiger partial charge in [-0.25, -0.2) is 0 Å². The quantitative estimate of drug-likeness (QED) is 0.842. The first-order chi connectivity index (χ1) is 11.9. The molecule has 0 aliphatic heterocycles. The van der Waals surface area contributed by atoms with Crippen molar-refractivity contribution in [2.75, 3.05) is 18.9 Å². The Morgan fingerprint density at radius 2 is 1.92 bits per heavy atom. The zero-order valence-corrected chi connectivity index (χ0v) is 15.4. The number of benzene rings is 1. The third kappa shape index (κ3) is 5.03. The summed E-state index contributed by atoms with van der Waals surface area (Å²) in [4.78, 5) is 30.5. The molecule has 1 heterocycles. The number of nitrogens with one attached hydrogen (secondary N) is 1.